The highest BCUT2D eigenvalue weighted by Crippen LogP contribution is 2.29. The number of nitrogens with zero attached hydrogens (tertiary/aromatic N) is 1. The number of hydrogen-bond donors (Lipinski definition) is 2. The normalized spacial score (nSPS) is 11.4. The van der Waals surface area contributed by atoms with Gasteiger partial charge < -0.3 is 9.97 Å². The summed E-state index contributed by atoms with van der Waals surface area (Å²) in [4.78, 5) is 21.6. The van der Waals surface area contributed by atoms with Gasteiger partial charge in [-0.2, -0.15) is 0 Å². The third-order valence-electron chi connectivity index (χ3n) is 3.25. The summed E-state index contributed by atoms with van der Waals surface area (Å²) in [6, 6.07) is 7.88. The van der Waals surface area contributed by atoms with Crippen LogP contribution >= 0.6 is 22.9 Å². The van der Waals surface area contributed by atoms with Crippen molar-refractivity contribution in [2.45, 2.75) is 0 Å². The molecule has 0 saturated carbocycles. The maximum Gasteiger partial charge on any atom is 0.304 e. The van der Waals surface area contributed by atoms with Crippen molar-refractivity contribution in [1.82, 2.24) is 15.0 Å². The first-order valence-electron chi connectivity index (χ1n) is 5.96. The molecule has 3 aromatic heterocycles. The quantitative estimate of drug-likeness (QED) is 0.562. The Bertz CT molecular complexity index is 998. The van der Waals surface area contributed by atoms with Crippen LogP contribution in [0, 0.1) is 0 Å². The first-order chi connectivity index (χ1) is 9.70. The van der Waals surface area contributed by atoms with Crippen LogP contribution in [-0.2, 0) is 0 Å². The zero-order valence-corrected chi connectivity index (χ0v) is 11.7. The lowest BCUT2D eigenvalue weighted by molar-refractivity contribution is 1.34. The summed E-state index contributed by atoms with van der Waals surface area (Å²) in [5.74, 6) is 0. The zero-order chi connectivity index (χ0) is 13.7. The standard InChI is InChI=1S/C14H8ClN3OS/c15-8-4-10-9-3-7(12-6-20-14(19)18-12)1-2-11(9)17-13(10)16-5-8/h1-6H,(H,16,17)(H,18,19). The molecule has 3 heterocycles. The van der Waals surface area contributed by atoms with E-state index in [1.54, 1.807) is 6.20 Å². The molecule has 0 atom stereocenters. The number of rotatable bonds is 1. The Morgan fingerprint density at radius 3 is 2.85 bits per heavy atom. The lowest BCUT2D eigenvalue weighted by Crippen LogP contribution is -1.92. The van der Waals surface area contributed by atoms with Crippen molar-refractivity contribution in [3.8, 4) is 11.3 Å². The Morgan fingerprint density at radius 1 is 1.15 bits per heavy atom. The molecule has 6 heteroatoms. The van der Waals surface area contributed by atoms with Crippen LogP contribution in [0.5, 0.6) is 0 Å². The van der Waals surface area contributed by atoms with E-state index < -0.39 is 0 Å². The van der Waals surface area contributed by atoms with Gasteiger partial charge in [0.15, 0.2) is 0 Å². The van der Waals surface area contributed by atoms with E-state index in [-0.39, 0.29) is 4.87 Å². The minimum Gasteiger partial charge on any atom is -0.339 e. The summed E-state index contributed by atoms with van der Waals surface area (Å²) in [6.07, 6.45) is 1.62. The molecule has 1 aromatic carbocycles. The number of aromatic nitrogens is 3. The molecule has 0 amide bonds. The second kappa shape index (κ2) is 4.19. The van der Waals surface area contributed by atoms with E-state index in [9.17, 15) is 4.79 Å². The molecule has 2 N–H and O–H groups in total. The number of fused-ring (bicyclic) bond motifs is 3. The van der Waals surface area contributed by atoms with Gasteiger partial charge in [0.1, 0.15) is 5.65 Å². The van der Waals surface area contributed by atoms with E-state index in [2.05, 4.69) is 15.0 Å². The van der Waals surface area contributed by atoms with Gasteiger partial charge in [0.05, 0.1) is 10.7 Å². The third kappa shape index (κ3) is 1.75. The Balaban J connectivity index is 2.04. The molecule has 0 aliphatic carbocycles. The van der Waals surface area contributed by atoms with Gasteiger partial charge in [0.2, 0.25) is 0 Å². The van der Waals surface area contributed by atoms with Crippen molar-refractivity contribution in [3.63, 3.8) is 0 Å². The molecule has 4 nitrogen and oxygen atoms in total. The van der Waals surface area contributed by atoms with Crippen LogP contribution in [0.3, 0.4) is 0 Å². The minimum atomic E-state index is -0.0521. The smallest absolute Gasteiger partial charge is 0.304 e. The summed E-state index contributed by atoms with van der Waals surface area (Å²) in [5.41, 5.74) is 3.60. The number of H-pyrrole nitrogens is 2. The van der Waals surface area contributed by atoms with Crippen LogP contribution in [0.4, 0.5) is 0 Å². The molecule has 0 aliphatic rings. The summed E-state index contributed by atoms with van der Waals surface area (Å²) in [6.45, 7) is 0. The summed E-state index contributed by atoms with van der Waals surface area (Å²) in [5, 5.41) is 4.45. The lowest BCUT2D eigenvalue weighted by Gasteiger charge is -1.98. The Labute approximate surface area is 122 Å². The molecule has 4 rings (SSSR count). The molecule has 0 saturated heterocycles. The topological polar surface area (TPSA) is 61.5 Å². The Hall–Kier alpha value is -2.11. The molecule has 0 radical (unpaired) electrons. The molecule has 0 aliphatic heterocycles. The van der Waals surface area contributed by atoms with Crippen molar-refractivity contribution in [2.75, 3.05) is 0 Å². The van der Waals surface area contributed by atoms with Gasteiger partial charge in [-0.3, -0.25) is 4.79 Å². The molecular weight excluding hydrogens is 294 g/mol. The molecule has 0 unspecified atom stereocenters. The number of hydrogen-bond acceptors (Lipinski definition) is 3. The largest absolute Gasteiger partial charge is 0.339 e. The summed E-state index contributed by atoms with van der Waals surface area (Å²) in [7, 11) is 0. The van der Waals surface area contributed by atoms with Gasteiger partial charge in [-0.1, -0.05) is 29.0 Å². The number of halogens is 1. The van der Waals surface area contributed by atoms with E-state index in [0.717, 1.165) is 44.5 Å². The lowest BCUT2D eigenvalue weighted by atomic mass is 10.1. The fourth-order valence-electron chi connectivity index (χ4n) is 2.34. The number of thiazole rings is 1. The zero-order valence-electron chi connectivity index (χ0n) is 10.1. The third-order valence-corrected chi connectivity index (χ3v) is 4.13. The molecule has 0 spiro atoms. The molecular formula is C14H8ClN3OS. The number of pyridine rings is 1. The average molecular weight is 302 g/mol. The number of benzene rings is 1. The molecule has 20 heavy (non-hydrogen) atoms. The summed E-state index contributed by atoms with van der Waals surface area (Å²) < 4.78 is 0. The van der Waals surface area contributed by atoms with E-state index in [1.165, 1.54) is 0 Å². The highest BCUT2D eigenvalue weighted by atomic mass is 35.5. The SMILES string of the molecule is O=c1[nH]c(-c2ccc3[nH]c4ncc(Cl)cc4c3c2)cs1. The van der Waals surface area contributed by atoms with Gasteiger partial charge in [-0.05, 0) is 23.8 Å². The molecule has 0 bridgehead atoms. The second-order valence-corrected chi connectivity index (χ2v) is 5.78. The van der Waals surface area contributed by atoms with E-state index in [0.29, 0.717) is 5.02 Å². The maximum absolute atomic E-state index is 11.3. The van der Waals surface area contributed by atoms with Crippen LogP contribution in [0.1, 0.15) is 0 Å². The molecule has 4 aromatic rings. The van der Waals surface area contributed by atoms with Crippen molar-refractivity contribution in [2.24, 2.45) is 0 Å². The molecule has 0 fully saturated rings. The Kier molecular flexibility index (Phi) is 2.45. The minimum absolute atomic E-state index is 0.0521. The summed E-state index contributed by atoms with van der Waals surface area (Å²) >= 11 is 7.17. The highest BCUT2D eigenvalue weighted by molar-refractivity contribution is 7.07. The molecule has 98 valence electrons. The predicted molar refractivity (Wildman–Crippen MR) is 82.5 cm³/mol. The van der Waals surface area contributed by atoms with Gasteiger partial charge >= 0.3 is 4.87 Å². The maximum atomic E-state index is 11.3. The van der Waals surface area contributed by atoms with Gasteiger partial charge in [0.25, 0.3) is 0 Å². The van der Waals surface area contributed by atoms with Crippen LogP contribution in [0.2, 0.25) is 5.02 Å². The number of aromatic amines is 2. The van der Waals surface area contributed by atoms with Crippen molar-refractivity contribution >= 4 is 44.9 Å². The number of nitrogens with one attached hydrogen (secondary N) is 2. The highest BCUT2D eigenvalue weighted by Gasteiger charge is 2.08. The van der Waals surface area contributed by atoms with Gasteiger partial charge in [0, 0.05) is 27.9 Å². The fourth-order valence-corrected chi connectivity index (χ4v) is 3.08. The van der Waals surface area contributed by atoms with E-state index in [4.69, 9.17) is 11.6 Å². The van der Waals surface area contributed by atoms with Crippen molar-refractivity contribution in [1.29, 1.82) is 0 Å². The first kappa shape index (κ1) is 11.7. The van der Waals surface area contributed by atoms with Gasteiger partial charge in [-0.25, -0.2) is 4.98 Å². The van der Waals surface area contributed by atoms with E-state index >= 15 is 0 Å². The van der Waals surface area contributed by atoms with Crippen LogP contribution in [0.15, 0.2) is 40.6 Å². The fraction of sp³-hybridized carbons (Fsp3) is 0. The van der Waals surface area contributed by atoms with Gasteiger partial charge in [-0.15, -0.1) is 0 Å². The van der Waals surface area contributed by atoms with E-state index in [1.807, 2.05) is 29.6 Å². The Morgan fingerprint density at radius 2 is 2.05 bits per heavy atom. The van der Waals surface area contributed by atoms with Crippen LogP contribution in [-0.4, -0.2) is 15.0 Å². The van der Waals surface area contributed by atoms with Crippen molar-refractivity contribution in [3.05, 3.63) is 50.5 Å². The monoisotopic (exact) mass is 301 g/mol. The average Bonchev–Trinajstić information content (AvgIpc) is 3.02. The predicted octanol–water partition coefficient (Wildman–Crippen LogP) is 3.79. The second-order valence-electron chi connectivity index (χ2n) is 4.50. The first-order valence-corrected chi connectivity index (χ1v) is 7.22. The van der Waals surface area contributed by atoms with Crippen LogP contribution in [0.25, 0.3) is 33.2 Å². The van der Waals surface area contributed by atoms with Crippen LogP contribution < -0.4 is 4.87 Å². The van der Waals surface area contributed by atoms with Crippen molar-refractivity contribution < 1.29 is 0 Å².